The molecule has 0 atom stereocenters. The maximum absolute atomic E-state index is 5.83. The van der Waals surface area contributed by atoms with Crippen LogP contribution >= 0.6 is 11.6 Å². The lowest BCUT2D eigenvalue weighted by atomic mass is 10.4. The summed E-state index contributed by atoms with van der Waals surface area (Å²) in [6.45, 7) is 3.62. The highest BCUT2D eigenvalue weighted by atomic mass is 35.5. The average molecular weight is 198 g/mol. The number of nitrogens with two attached hydrogens (primary N) is 1. The van der Waals surface area contributed by atoms with Gasteiger partial charge in [-0.3, -0.25) is 0 Å². The molecule has 2 N–H and O–H groups in total. The molecule has 0 fully saturated rings. The third kappa shape index (κ3) is 1.12. The van der Waals surface area contributed by atoms with Crippen molar-refractivity contribution in [3.63, 3.8) is 0 Å². The lowest BCUT2D eigenvalue weighted by Crippen LogP contribution is -2.03. The normalized spacial score (nSPS) is 11.0. The van der Waals surface area contributed by atoms with E-state index in [1.807, 2.05) is 6.92 Å². The predicted molar refractivity (Wildman–Crippen MR) is 49.7 cm³/mol. The second-order valence-electron chi connectivity index (χ2n) is 2.78. The molecule has 0 saturated carbocycles. The molecule has 0 amide bonds. The van der Waals surface area contributed by atoms with Crippen molar-refractivity contribution in [2.45, 2.75) is 13.8 Å². The molecule has 0 bridgehead atoms. The van der Waals surface area contributed by atoms with Gasteiger partial charge < -0.3 is 5.73 Å². The molecule has 2 aromatic heterocycles. The topological polar surface area (TPSA) is 69.1 Å². The zero-order valence-electron chi connectivity index (χ0n) is 7.24. The number of nitrogens with zero attached hydrogens (tertiary/aromatic N) is 4. The van der Waals surface area contributed by atoms with Crippen molar-refractivity contribution < 1.29 is 0 Å². The Kier molecular flexibility index (Phi) is 1.63. The minimum atomic E-state index is 0.256. The summed E-state index contributed by atoms with van der Waals surface area (Å²) in [6, 6.07) is 0. The molecule has 0 aliphatic heterocycles. The van der Waals surface area contributed by atoms with Crippen molar-refractivity contribution in [3.8, 4) is 0 Å². The first-order valence-electron chi connectivity index (χ1n) is 3.74. The largest absolute Gasteiger partial charge is 0.368 e. The quantitative estimate of drug-likeness (QED) is 0.640. The highest BCUT2D eigenvalue weighted by Crippen LogP contribution is 2.18. The highest BCUT2D eigenvalue weighted by molar-refractivity contribution is 6.30. The first kappa shape index (κ1) is 8.25. The van der Waals surface area contributed by atoms with E-state index in [1.165, 1.54) is 4.52 Å². The van der Waals surface area contributed by atoms with Crippen molar-refractivity contribution in [1.29, 1.82) is 0 Å². The molecule has 0 saturated heterocycles. The Morgan fingerprint density at radius 2 is 2.00 bits per heavy atom. The van der Waals surface area contributed by atoms with E-state index in [2.05, 4.69) is 15.1 Å². The van der Waals surface area contributed by atoms with Crippen molar-refractivity contribution in [3.05, 3.63) is 16.5 Å². The van der Waals surface area contributed by atoms with E-state index in [0.717, 1.165) is 5.56 Å². The van der Waals surface area contributed by atoms with Gasteiger partial charge in [0.25, 0.3) is 0 Å². The Morgan fingerprint density at radius 3 is 2.69 bits per heavy atom. The Bertz CT molecular complexity index is 475. The maximum atomic E-state index is 5.83. The van der Waals surface area contributed by atoms with Gasteiger partial charge in [0.15, 0.2) is 5.65 Å². The number of rotatable bonds is 0. The summed E-state index contributed by atoms with van der Waals surface area (Å²) in [5.74, 6) is 0.907. The van der Waals surface area contributed by atoms with E-state index < -0.39 is 0 Å². The van der Waals surface area contributed by atoms with E-state index >= 15 is 0 Å². The van der Waals surface area contributed by atoms with Crippen molar-refractivity contribution in [2.24, 2.45) is 0 Å². The molecule has 0 aliphatic rings. The lowest BCUT2D eigenvalue weighted by Gasteiger charge is -2.00. The van der Waals surface area contributed by atoms with Crippen LogP contribution in [0.1, 0.15) is 11.4 Å². The van der Waals surface area contributed by atoms with Crippen LogP contribution in [0.5, 0.6) is 0 Å². The van der Waals surface area contributed by atoms with Gasteiger partial charge >= 0.3 is 0 Å². The summed E-state index contributed by atoms with van der Waals surface area (Å²) >= 11 is 5.83. The molecule has 2 aromatic rings. The number of nitrogen functional groups attached to an aromatic ring is 1. The van der Waals surface area contributed by atoms with Crippen LogP contribution in [-0.4, -0.2) is 19.6 Å². The summed E-state index contributed by atoms with van der Waals surface area (Å²) in [4.78, 5) is 8.10. The van der Waals surface area contributed by atoms with E-state index in [4.69, 9.17) is 17.3 Å². The molecule has 2 rings (SSSR count). The smallest absolute Gasteiger partial charge is 0.224 e. The number of aryl methyl sites for hydroxylation is 2. The molecule has 0 aromatic carbocycles. The lowest BCUT2D eigenvalue weighted by molar-refractivity contribution is 0.910. The van der Waals surface area contributed by atoms with Gasteiger partial charge in [0.2, 0.25) is 5.95 Å². The maximum Gasteiger partial charge on any atom is 0.224 e. The number of aromatic nitrogens is 4. The standard InChI is InChI=1S/C7H8ClN5/c1-3-5(8)11-7(9)13-6(3)10-4(2)12-13/h1-2H3,(H2,9,11). The molecule has 5 nitrogen and oxygen atoms in total. The first-order valence-corrected chi connectivity index (χ1v) is 4.12. The number of halogens is 1. The van der Waals surface area contributed by atoms with Crippen molar-refractivity contribution in [2.75, 3.05) is 5.73 Å². The van der Waals surface area contributed by atoms with Crippen molar-refractivity contribution in [1.82, 2.24) is 19.6 Å². The van der Waals surface area contributed by atoms with Gasteiger partial charge in [-0.15, -0.1) is 5.10 Å². The van der Waals surface area contributed by atoms with E-state index in [-0.39, 0.29) is 5.95 Å². The SMILES string of the molecule is Cc1nc2c(C)c(Cl)nc(N)n2n1. The van der Waals surface area contributed by atoms with Crippen LogP contribution in [0, 0.1) is 13.8 Å². The Balaban J connectivity index is 2.95. The van der Waals surface area contributed by atoms with Gasteiger partial charge in [0, 0.05) is 5.56 Å². The zero-order chi connectivity index (χ0) is 9.59. The fourth-order valence-corrected chi connectivity index (χ4v) is 1.31. The number of hydrogen-bond donors (Lipinski definition) is 1. The summed E-state index contributed by atoms with van der Waals surface area (Å²) in [5, 5.41) is 4.45. The van der Waals surface area contributed by atoms with Gasteiger partial charge in [0.05, 0.1) is 0 Å². The Morgan fingerprint density at radius 1 is 1.31 bits per heavy atom. The molecule has 2 heterocycles. The molecule has 6 heteroatoms. The minimum absolute atomic E-state index is 0.256. The summed E-state index contributed by atoms with van der Waals surface area (Å²) in [7, 11) is 0. The van der Waals surface area contributed by atoms with Gasteiger partial charge in [0.1, 0.15) is 11.0 Å². The van der Waals surface area contributed by atoms with Crippen LogP contribution in [0.4, 0.5) is 5.95 Å². The predicted octanol–water partition coefficient (Wildman–Crippen LogP) is 0.977. The summed E-state index contributed by atoms with van der Waals surface area (Å²) in [5.41, 5.74) is 7.05. The van der Waals surface area contributed by atoms with Crippen LogP contribution in [0.25, 0.3) is 5.65 Å². The summed E-state index contributed by atoms with van der Waals surface area (Å²) in [6.07, 6.45) is 0. The van der Waals surface area contributed by atoms with Crippen LogP contribution in [-0.2, 0) is 0 Å². The van der Waals surface area contributed by atoms with Crippen LogP contribution < -0.4 is 5.73 Å². The molecule has 0 unspecified atom stereocenters. The number of fused-ring (bicyclic) bond motifs is 1. The molecule has 0 spiro atoms. The second kappa shape index (κ2) is 2.56. The highest BCUT2D eigenvalue weighted by Gasteiger charge is 2.10. The monoisotopic (exact) mass is 197 g/mol. The van der Waals surface area contributed by atoms with E-state index in [9.17, 15) is 0 Å². The third-order valence-corrected chi connectivity index (χ3v) is 2.16. The zero-order valence-corrected chi connectivity index (χ0v) is 8.00. The average Bonchev–Trinajstić information content (AvgIpc) is 2.44. The van der Waals surface area contributed by atoms with E-state index in [0.29, 0.717) is 16.6 Å². The molecule has 68 valence electrons. The van der Waals surface area contributed by atoms with Crippen LogP contribution in [0.3, 0.4) is 0 Å². The van der Waals surface area contributed by atoms with Gasteiger partial charge in [-0.05, 0) is 13.8 Å². The van der Waals surface area contributed by atoms with Crippen LogP contribution in [0.2, 0.25) is 5.15 Å². The Labute approximate surface area is 79.6 Å². The molecule has 13 heavy (non-hydrogen) atoms. The first-order chi connectivity index (χ1) is 6.09. The number of hydrogen-bond acceptors (Lipinski definition) is 4. The molecular weight excluding hydrogens is 190 g/mol. The minimum Gasteiger partial charge on any atom is -0.368 e. The van der Waals surface area contributed by atoms with Gasteiger partial charge in [-0.25, -0.2) is 9.97 Å². The molecule has 0 radical (unpaired) electrons. The van der Waals surface area contributed by atoms with Gasteiger partial charge in [-0.2, -0.15) is 4.52 Å². The fourth-order valence-electron chi connectivity index (χ4n) is 1.14. The third-order valence-electron chi connectivity index (χ3n) is 1.79. The number of anilines is 1. The fraction of sp³-hybridized carbons (Fsp3) is 0.286. The second-order valence-corrected chi connectivity index (χ2v) is 3.14. The summed E-state index contributed by atoms with van der Waals surface area (Å²) < 4.78 is 1.48. The van der Waals surface area contributed by atoms with Gasteiger partial charge in [-0.1, -0.05) is 11.6 Å². The molecular formula is C7H8ClN5. The molecule has 0 aliphatic carbocycles. The van der Waals surface area contributed by atoms with Crippen LogP contribution in [0.15, 0.2) is 0 Å². The Hall–Kier alpha value is -1.36. The van der Waals surface area contributed by atoms with E-state index in [1.54, 1.807) is 6.92 Å². The van der Waals surface area contributed by atoms with Crippen molar-refractivity contribution >= 4 is 23.2 Å².